The zero-order valence-electron chi connectivity index (χ0n) is 10.2. The quantitative estimate of drug-likeness (QED) is 0.899. The number of benzene rings is 1. The first-order valence-corrected chi connectivity index (χ1v) is 5.51. The Hall–Kier alpha value is -2.36. The van der Waals surface area contributed by atoms with Crippen LogP contribution in [-0.4, -0.2) is 16.1 Å². The van der Waals surface area contributed by atoms with Crippen molar-refractivity contribution in [1.29, 1.82) is 0 Å². The minimum Gasteiger partial charge on any atom is -0.478 e. The highest BCUT2D eigenvalue weighted by Gasteiger charge is 2.08. The van der Waals surface area contributed by atoms with Crippen molar-refractivity contribution in [2.24, 2.45) is 0 Å². The number of hydrogen-bond acceptors (Lipinski definition) is 3. The van der Waals surface area contributed by atoms with E-state index in [1.807, 2.05) is 13.8 Å². The maximum atomic E-state index is 10.9. The number of aryl methyl sites for hydroxylation is 2. The molecule has 0 aliphatic rings. The molecule has 4 nitrogen and oxygen atoms in total. The van der Waals surface area contributed by atoms with Crippen LogP contribution in [0.3, 0.4) is 0 Å². The van der Waals surface area contributed by atoms with Gasteiger partial charge in [0, 0.05) is 18.0 Å². The first kappa shape index (κ1) is 12.1. The largest absolute Gasteiger partial charge is 0.478 e. The summed E-state index contributed by atoms with van der Waals surface area (Å²) in [7, 11) is 0. The number of carbonyl (C=O) groups is 1. The van der Waals surface area contributed by atoms with Crippen LogP contribution in [0, 0.1) is 13.8 Å². The Morgan fingerprint density at radius 3 is 2.67 bits per heavy atom. The lowest BCUT2D eigenvalue weighted by Crippen LogP contribution is -1.98. The first-order valence-electron chi connectivity index (χ1n) is 5.51. The van der Waals surface area contributed by atoms with Crippen molar-refractivity contribution in [3.05, 3.63) is 53.3 Å². The molecule has 0 radical (unpaired) electrons. The Morgan fingerprint density at radius 2 is 2.00 bits per heavy atom. The van der Waals surface area contributed by atoms with Crippen LogP contribution >= 0.6 is 0 Å². The average Bonchev–Trinajstić information content (AvgIpc) is 2.31. The summed E-state index contributed by atoms with van der Waals surface area (Å²) in [5, 5.41) is 8.94. The fourth-order valence-corrected chi connectivity index (χ4v) is 1.55. The maximum Gasteiger partial charge on any atom is 0.335 e. The van der Waals surface area contributed by atoms with Gasteiger partial charge >= 0.3 is 5.97 Å². The molecule has 1 aromatic heterocycles. The lowest BCUT2D eigenvalue weighted by atomic mass is 10.1. The van der Waals surface area contributed by atoms with Crippen LogP contribution in [0.5, 0.6) is 11.5 Å². The molecule has 92 valence electrons. The smallest absolute Gasteiger partial charge is 0.335 e. The zero-order valence-corrected chi connectivity index (χ0v) is 10.2. The summed E-state index contributed by atoms with van der Waals surface area (Å²) in [6.45, 7) is 3.74. The van der Waals surface area contributed by atoms with E-state index in [2.05, 4.69) is 4.98 Å². The molecule has 2 rings (SSSR count). The number of nitrogens with zero attached hydrogens (tertiary/aromatic N) is 1. The van der Waals surface area contributed by atoms with Crippen molar-refractivity contribution < 1.29 is 14.6 Å². The molecule has 1 N–H and O–H groups in total. The van der Waals surface area contributed by atoms with Gasteiger partial charge in [0.2, 0.25) is 0 Å². The molecule has 0 saturated carbocycles. The van der Waals surface area contributed by atoms with Gasteiger partial charge in [0.1, 0.15) is 11.5 Å². The Balaban J connectivity index is 2.33. The molecular weight excluding hydrogens is 230 g/mol. The van der Waals surface area contributed by atoms with E-state index < -0.39 is 5.97 Å². The van der Waals surface area contributed by atoms with Gasteiger partial charge in [-0.15, -0.1) is 0 Å². The average molecular weight is 243 g/mol. The van der Waals surface area contributed by atoms with Crippen molar-refractivity contribution in [3.8, 4) is 11.5 Å². The molecule has 1 aromatic carbocycles. The first-order chi connectivity index (χ1) is 8.56. The highest BCUT2D eigenvalue weighted by atomic mass is 16.5. The summed E-state index contributed by atoms with van der Waals surface area (Å²) in [4.78, 5) is 15.0. The SMILES string of the molecule is Cc1cc(Oc2cc(C(=O)O)ccc2C)ccn1. The maximum absolute atomic E-state index is 10.9. The molecule has 0 aliphatic carbocycles. The lowest BCUT2D eigenvalue weighted by Gasteiger charge is -2.09. The van der Waals surface area contributed by atoms with Gasteiger partial charge in [-0.2, -0.15) is 0 Å². The topological polar surface area (TPSA) is 59.4 Å². The molecule has 2 aromatic rings. The second-order valence-electron chi connectivity index (χ2n) is 4.02. The van der Waals surface area contributed by atoms with Crippen LogP contribution in [0.4, 0.5) is 0 Å². The van der Waals surface area contributed by atoms with E-state index in [4.69, 9.17) is 9.84 Å². The molecule has 0 amide bonds. The van der Waals surface area contributed by atoms with Crippen molar-refractivity contribution >= 4 is 5.97 Å². The second kappa shape index (κ2) is 4.87. The number of aromatic nitrogens is 1. The number of rotatable bonds is 3. The Labute approximate surface area is 105 Å². The number of ether oxygens (including phenoxy) is 1. The van der Waals surface area contributed by atoms with Gasteiger partial charge in [0.15, 0.2) is 0 Å². The molecule has 0 aliphatic heterocycles. The van der Waals surface area contributed by atoms with E-state index in [0.717, 1.165) is 11.3 Å². The summed E-state index contributed by atoms with van der Waals surface area (Å²) in [6, 6.07) is 8.34. The molecule has 4 heteroatoms. The van der Waals surface area contributed by atoms with Crippen LogP contribution in [0.2, 0.25) is 0 Å². The Kier molecular flexibility index (Phi) is 3.28. The van der Waals surface area contributed by atoms with Gasteiger partial charge in [-0.1, -0.05) is 6.07 Å². The van der Waals surface area contributed by atoms with Crippen molar-refractivity contribution in [1.82, 2.24) is 4.98 Å². The van der Waals surface area contributed by atoms with Crippen molar-refractivity contribution in [2.75, 3.05) is 0 Å². The van der Waals surface area contributed by atoms with E-state index in [0.29, 0.717) is 11.5 Å². The predicted octanol–water partition coefficient (Wildman–Crippen LogP) is 3.19. The summed E-state index contributed by atoms with van der Waals surface area (Å²) in [6.07, 6.45) is 1.65. The third-order valence-corrected chi connectivity index (χ3v) is 2.53. The van der Waals surface area contributed by atoms with Crippen LogP contribution in [0.1, 0.15) is 21.6 Å². The van der Waals surface area contributed by atoms with E-state index in [9.17, 15) is 4.79 Å². The third kappa shape index (κ3) is 2.66. The lowest BCUT2D eigenvalue weighted by molar-refractivity contribution is 0.0696. The number of aromatic carboxylic acids is 1. The number of pyridine rings is 1. The minimum atomic E-state index is -0.967. The number of hydrogen-bond donors (Lipinski definition) is 1. The van der Waals surface area contributed by atoms with Crippen LogP contribution in [0.15, 0.2) is 36.5 Å². The molecular formula is C14H13NO3. The Morgan fingerprint density at radius 1 is 1.22 bits per heavy atom. The van der Waals surface area contributed by atoms with E-state index >= 15 is 0 Å². The number of carboxylic acids is 1. The molecule has 0 spiro atoms. The van der Waals surface area contributed by atoms with E-state index in [1.54, 1.807) is 30.5 Å². The fraction of sp³-hybridized carbons (Fsp3) is 0.143. The molecule has 0 saturated heterocycles. The molecule has 1 heterocycles. The standard InChI is InChI=1S/C14H13NO3/c1-9-3-4-11(14(16)17)8-13(9)18-12-5-6-15-10(2)7-12/h3-8H,1-2H3,(H,16,17). The summed E-state index contributed by atoms with van der Waals surface area (Å²) >= 11 is 0. The highest BCUT2D eigenvalue weighted by Crippen LogP contribution is 2.26. The minimum absolute atomic E-state index is 0.210. The third-order valence-electron chi connectivity index (χ3n) is 2.53. The fourth-order valence-electron chi connectivity index (χ4n) is 1.55. The van der Waals surface area contributed by atoms with Crippen LogP contribution in [-0.2, 0) is 0 Å². The number of carboxylic acid groups (broad SMARTS) is 1. The summed E-state index contributed by atoms with van der Waals surface area (Å²) < 4.78 is 5.68. The van der Waals surface area contributed by atoms with Gasteiger partial charge in [-0.3, -0.25) is 4.98 Å². The van der Waals surface area contributed by atoms with E-state index in [1.165, 1.54) is 6.07 Å². The molecule has 0 unspecified atom stereocenters. The van der Waals surface area contributed by atoms with E-state index in [-0.39, 0.29) is 5.56 Å². The van der Waals surface area contributed by atoms with Gasteiger partial charge < -0.3 is 9.84 Å². The molecule has 18 heavy (non-hydrogen) atoms. The Bertz CT molecular complexity index is 593. The van der Waals surface area contributed by atoms with Crippen molar-refractivity contribution in [2.45, 2.75) is 13.8 Å². The van der Waals surface area contributed by atoms with Crippen LogP contribution < -0.4 is 4.74 Å². The second-order valence-corrected chi connectivity index (χ2v) is 4.02. The van der Waals surface area contributed by atoms with Crippen molar-refractivity contribution in [3.63, 3.8) is 0 Å². The summed E-state index contributed by atoms with van der Waals surface area (Å²) in [5.41, 5.74) is 1.94. The van der Waals surface area contributed by atoms with Gasteiger partial charge in [0.25, 0.3) is 0 Å². The summed E-state index contributed by atoms with van der Waals surface area (Å²) in [5.74, 6) is 0.222. The molecule has 0 bridgehead atoms. The normalized spacial score (nSPS) is 10.1. The predicted molar refractivity (Wildman–Crippen MR) is 67.2 cm³/mol. The van der Waals surface area contributed by atoms with Crippen LogP contribution in [0.25, 0.3) is 0 Å². The van der Waals surface area contributed by atoms with Gasteiger partial charge in [0.05, 0.1) is 5.56 Å². The van der Waals surface area contributed by atoms with Gasteiger partial charge in [-0.05, 0) is 37.6 Å². The zero-order chi connectivity index (χ0) is 13.1. The molecule has 0 fully saturated rings. The van der Waals surface area contributed by atoms with Gasteiger partial charge in [-0.25, -0.2) is 4.79 Å². The molecule has 0 atom stereocenters. The highest BCUT2D eigenvalue weighted by molar-refractivity contribution is 5.88. The monoisotopic (exact) mass is 243 g/mol.